The molecule has 5 nitrogen and oxygen atoms in total. The van der Waals surface area contributed by atoms with Gasteiger partial charge in [-0.3, -0.25) is 9.59 Å². The second-order valence-electron chi connectivity index (χ2n) is 9.41. The molecule has 0 aliphatic rings. The normalized spacial score (nSPS) is 11.7. The Bertz CT molecular complexity index is 1190. The second kappa shape index (κ2) is 15.1. The molecule has 38 heavy (non-hydrogen) atoms. The molecule has 202 valence electrons. The van der Waals surface area contributed by atoms with E-state index in [0.717, 1.165) is 16.7 Å². The molecule has 1 N–H and O–H groups in total. The van der Waals surface area contributed by atoms with Crippen LogP contribution in [0.25, 0.3) is 0 Å². The SMILES string of the molecule is COc1cccc(CN(C(=O)CSCc2c(Cl)cccc2Cl)[C@@H](Cc2ccccc2)C(=O)NCC(C)C)c1. The molecule has 0 aliphatic heterocycles. The van der Waals surface area contributed by atoms with Crippen molar-refractivity contribution in [1.82, 2.24) is 10.2 Å². The molecular formula is C30H34Cl2N2O3S. The van der Waals surface area contributed by atoms with Crippen molar-refractivity contribution in [2.45, 2.75) is 38.6 Å². The van der Waals surface area contributed by atoms with E-state index in [9.17, 15) is 9.59 Å². The quantitative estimate of drug-likeness (QED) is 0.249. The number of carbonyl (C=O) groups is 2. The number of amides is 2. The lowest BCUT2D eigenvalue weighted by molar-refractivity contribution is -0.139. The lowest BCUT2D eigenvalue weighted by Crippen LogP contribution is -2.51. The molecule has 0 heterocycles. The topological polar surface area (TPSA) is 58.6 Å². The lowest BCUT2D eigenvalue weighted by Gasteiger charge is -2.32. The number of nitrogens with one attached hydrogen (secondary N) is 1. The third kappa shape index (κ3) is 8.97. The van der Waals surface area contributed by atoms with Crippen LogP contribution in [0, 0.1) is 5.92 Å². The van der Waals surface area contributed by atoms with Gasteiger partial charge in [0.05, 0.1) is 12.9 Å². The van der Waals surface area contributed by atoms with Crippen molar-refractivity contribution in [3.63, 3.8) is 0 Å². The zero-order valence-electron chi connectivity index (χ0n) is 22.0. The minimum absolute atomic E-state index is 0.137. The Hall–Kier alpha value is -2.67. The number of benzene rings is 3. The van der Waals surface area contributed by atoms with Gasteiger partial charge in [0.1, 0.15) is 11.8 Å². The van der Waals surface area contributed by atoms with Crippen molar-refractivity contribution < 1.29 is 14.3 Å². The third-order valence-electron chi connectivity index (χ3n) is 5.98. The first-order valence-electron chi connectivity index (χ1n) is 12.5. The highest BCUT2D eigenvalue weighted by Crippen LogP contribution is 2.29. The van der Waals surface area contributed by atoms with Crippen molar-refractivity contribution in [3.05, 3.63) is 99.5 Å². The van der Waals surface area contributed by atoms with Gasteiger partial charge in [0.15, 0.2) is 0 Å². The van der Waals surface area contributed by atoms with Gasteiger partial charge in [0.25, 0.3) is 0 Å². The lowest BCUT2D eigenvalue weighted by atomic mass is 10.0. The molecule has 0 saturated heterocycles. The average molecular weight is 574 g/mol. The summed E-state index contributed by atoms with van der Waals surface area (Å²) in [5.74, 6) is 1.34. The van der Waals surface area contributed by atoms with E-state index in [2.05, 4.69) is 5.32 Å². The minimum Gasteiger partial charge on any atom is -0.497 e. The number of hydrogen-bond acceptors (Lipinski definition) is 4. The van der Waals surface area contributed by atoms with Crippen LogP contribution in [-0.4, -0.2) is 42.2 Å². The molecule has 0 spiro atoms. The first-order valence-corrected chi connectivity index (χ1v) is 14.4. The van der Waals surface area contributed by atoms with Crippen molar-refractivity contribution >= 4 is 46.8 Å². The van der Waals surface area contributed by atoms with Crippen LogP contribution in [0.15, 0.2) is 72.8 Å². The molecule has 2 amide bonds. The van der Waals surface area contributed by atoms with Crippen LogP contribution in [0.5, 0.6) is 5.75 Å². The monoisotopic (exact) mass is 572 g/mol. The summed E-state index contributed by atoms with van der Waals surface area (Å²) < 4.78 is 5.39. The summed E-state index contributed by atoms with van der Waals surface area (Å²) >= 11 is 14.1. The molecule has 0 aliphatic carbocycles. The number of methoxy groups -OCH3 is 1. The van der Waals surface area contributed by atoms with Crippen LogP contribution >= 0.6 is 35.0 Å². The van der Waals surface area contributed by atoms with Gasteiger partial charge in [-0.15, -0.1) is 11.8 Å². The number of ether oxygens (including phenoxy) is 1. The molecule has 0 radical (unpaired) electrons. The van der Waals surface area contributed by atoms with Gasteiger partial charge in [-0.25, -0.2) is 0 Å². The van der Waals surface area contributed by atoms with Gasteiger partial charge >= 0.3 is 0 Å². The molecule has 0 bridgehead atoms. The van der Waals surface area contributed by atoms with Crippen LogP contribution in [-0.2, 0) is 28.3 Å². The highest BCUT2D eigenvalue weighted by atomic mass is 35.5. The number of hydrogen-bond donors (Lipinski definition) is 1. The second-order valence-corrected chi connectivity index (χ2v) is 11.2. The maximum absolute atomic E-state index is 13.8. The van der Waals surface area contributed by atoms with Gasteiger partial charge < -0.3 is 15.0 Å². The van der Waals surface area contributed by atoms with Gasteiger partial charge in [-0.1, -0.05) is 85.6 Å². The van der Waals surface area contributed by atoms with Crippen molar-refractivity contribution in [2.75, 3.05) is 19.4 Å². The van der Waals surface area contributed by atoms with E-state index in [1.165, 1.54) is 11.8 Å². The van der Waals surface area contributed by atoms with E-state index in [-0.39, 0.29) is 30.0 Å². The number of nitrogens with zero attached hydrogens (tertiary/aromatic N) is 1. The van der Waals surface area contributed by atoms with Crippen molar-refractivity contribution in [1.29, 1.82) is 0 Å². The first kappa shape index (κ1) is 29.9. The minimum atomic E-state index is -0.681. The summed E-state index contributed by atoms with van der Waals surface area (Å²) in [6, 6.07) is 22.0. The third-order valence-corrected chi connectivity index (χ3v) is 7.63. The van der Waals surface area contributed by atoms with E-state index < -0.39 is 6.04 Å². The van der Waals surface area contributed by atoms with E-state index in [1.807, 2.05) is 68.4 Å². The van der Waals surface area contributed by atoms with Gasteiger partial charge in [-0.2, -0.15) is 0 Å². The zero-order chi connectivity index (χ0) is 27.5. The van der Waals surface area contributed by atoms with Crippen LogP contribution in [0.3, 0.4) is 0 Å². The Morgan fingerprint density at radius 1 is 0.947 bits per heavy atom. The van der Waals surface area contributed by atoms with Gasteiger partial charge in [-0.05, 0) is 46.9 Å². The Balaban J connectivity index is 1.88. The highest BCUT2D eigenvalue weighted by Gasteiger charge is 2.30. The summed E-state index contributed by atoms with van der Waals surface area (Å²) in [7, 11) is 1.61. The number of carbonyl (C=O) groups excluding carboxylic acids is 2. The molecule has 0 saturated carbocycles. The fraction of sp³-hybridized carbons (Fsp3) is 0.333. The fourth-order valence-electron chi connectivity index (χ4n) is 3.94. The Kier molecular flexibility index (Phi) is 11.8. The van der Waals surface area contributed by atoms with E-state index in [0.29, 0.717) is 34.5 Å². The van der Waals surface area contributed by atoms with Gasteiger partial charge in [0.2, 0.25) is 11.8 Å². The Morgan fingerprint density at radius 2 is 1.61 bits per heavy atom. The highest BCUT2D eigenvalue weighted by molar-refractivity contribution is 7.99. The molecule has 3 aromatic rings. The predicted molar refractivity (Wildman–Crippen MR) is 158 cm³/mol. The Labute approximate surface area is 239 Å². The van der Waals surface area contributed by atoms with Crippen LogP contribution in [0.1, 0.15) is 30.5 Å². The van der Waals surface area contributed by atoms with E-state index >= 15 is 0 Å². The summed E-state index contributed by atoms with van der Waals surface area (Å²) in [5, 5.41) is 4.18. The zero-order valence-corrected chi connectivity index (χ0v) is 24.3. The molecule has 3 aromatic carbocycles. The molecule has 0 fully saturated rings. The van der Waals surface area contributed by atoms with Crippen molar-refractivity contribution in [2.24, 2.45) is 5.92 Å². The predicted octanol–water partition coefficient (Wildman–Crippen LogP) is 6.65. The van der Waals surface area contributed by atoms with Crippen LogP contribution in [0.2, 0.25) is 10.0 Å². The first-order chi connectivity index (χ1) is 18.3. The van der Waals surface area contributed by atoms with Crippen molar-refractivity contribution in [3.8, 4) is 5.75 Å². The molecule has 3 rings (SSSR count). The fourth-order valence-corrected chi connectivity index (χ4v) is 5.58. The largest absolute Gasteiger partial charge is 0.497 e. The van der Waals surface area contributed by atoms with E-state index in [1.54, 1.807) is 30.2 Å². The molecule has 0 aromatic heterocycles. The summed E-state index contributed by atoms with van der Waals surface area (Å²) in [6.45, 7) is 4.89. The van der Waals surface area contributed by atoms with Crippen LogP contribution in [0.4, 0.5) is 0 Å². The standard InChI is InChI=1S/C30H34Cl2N2O3S/c1-21(2)17-33-30(36)28(16-22-9-5-4-6-10-22)34(18-23-11-7-12-24(15-23)37-3)29(35)20-38-19-25-26(31)13-8-14-27(25)32/h4-15,21,28H,16-20H2,1-3H3,(H,33,36)/t28-/m0/s1. The van der Waals surface area contributed by atoms with E-state index in [4.69, 9.17) is 27.9 Å². The van der Waals surface area contributed by atoms with Gasteiger partial charge in [0, 0.05) is 35.3 Å². The maximum Gasteiger partial charge on any atom is 0.243 e. The number of rotatable bonds is 13. The molecule has 0 unspecified atom stereocenters. The summed E-state index contributed by atoms with van der Waals surface area (Å²) in [4.78, 5) is 29.0. The molecular weight excluding hydrogens is 539 g/mol. The smallest absolute Gasteiger partial charge is 0.243 e. The molecule has 1 atom stereocenters. The Morgan fingerprint density at radius 3 is 2.26 bits per heavy atom. The number of thioether (sulfide) groups is 1. The maximum atomic E-state index is 13.8. The molecule has 8 heteroatoms. The summed E-state index contributed by atoms with van der Waals surface area (Å²) in [5.41, 5.74) is 2.66. The number of halogens is 2. The summed E-state index contributed by atoms with van der Waals surface area (Å²) in [6.07, 6.45) is 0.404. The van der Waals surface area contributed by atoms with Crippen LogP contribution < -0.4 is 10.1 Å². The average Bonchev–Trinajstić information content (AvgIpc) is 2.91.